The summed E-state index contributed by atoms with van der Waals surface area (Å²) in [4.78, 5) is 14.0. The van der Waals surface area contributed by atoms with E-state index in [1.165, 1.54) is 0 Å². The molecule has 2 aromatic rings. The SMILES string of the molecule is CC(C)Oc1cccc(CC(=O)N(C)Cc2cccc(O)c2)c1. The molecule has 122 valence electrons. The van der Waals surface area contributed by atoms with E-state index < -0.39 is 0 Å². The predicted molar refractivity (Wildman–Crippen MR) is 90.5 cm³/mol. The molecule has 1 N–H and O–H groups in total. The van der Waals surface area contributed by atoms with E-state index >= 15 is 0 Å². The van der Waals surface area contributed by atoms with E-state index in [4.69, 9.17) is 4.74 Å². The van der Waals surface area contributed by atoms with Gasteiger partial charge in [0, 0.05) is 13.6 Å². The summed E-state index contributed by atoms with van der Waals surface area (Å²) in [7, 11) is 1.76. The Morgan fingerprint density at radius 3 is 2.52 bits per heavy atom. The molecular formula is C19H23NO3. The lowest BCUT2D eigenvalue weighted by atomic mass is 10.1. The van der Waals surface area contributed by atoms with Crippen LogP contribution in [-0.2, 0) is 17.8 Å². The van der Waals surface area contributed by atoms with Crippen LogP contribution in [0.4, 0.5) is 0 Å². The molecule has 0 heterocycles. The van der Waals surface area contributed by atoms with E-state index in [1.807, 2.05) is 44.2 Å². The van der Waals surface area contributed by atoms with Gasteiger partial charge in [0.15, 0.2) is 0 Å². The number of nitrogens with zero attached hydrogens (tertiary/aromatic N) is 1. The molecule has 4 nitrogen and oxygen atoms in total. The predicted octanol–water partition coefficient (Wildman–Crippen LogP) is 3.38. The Morgan fingerprint density at radius 1 is 1.13 bits per heavy atom. The molecule has 0 saturated heterocycles. The molecule has 0 fully saturated rings. The highest BCUT2D eigenvalue weighted by atomic mass is 16.5. The lowest BCUT2D eigenvalue weighted by molar-refractivity contribution is -0.129. The number of phenolic OH excluding ortho intramolecular Hbond substituents is 1. The maximum atomic E-state index is 12.4. The fourth-order valence-corrected chi connectivity index (χ4v) is 2.33. The van der Waals surface area contributed by atoms with Crippen molar-refractivity contribution in [2.45, 2.75) is 32.9 Å². The van der Waals surface area contributed by atoms with Gasteiger partial charge in [-0.3, -0.25) is 4.79 Å². The molecule has 4 heteroatoms. The number of phenols is 1. The number of rotatable bonds is 6. The summed E-state index contributed by atoms with van der Waals surface area (Å²) in [5.74, 6) is 1.01. The Kier molecular flexibility index (Phi) is 5.63. The smallest absolute Gasteiger partial charge is 0.227 e. The van der Waals surface area contributed by atoms with Crippen LogP contribution in [0.3, 0.4) is 0 Å². The number of hydrogen-bond donors (Lipinski definition) is 1. The van der Waals surface area contributed by atoms with Crippen LogP contribution >= 0.6 is 0 Å². The number of carbonyl (C=O) groups excluding carboxylic acids is 1. The average Bonchev–Trinajstić information content (AvgIpc) is 2.46. The van der Waals surface area contributed by atoms with Crippen molar-refractivity contribution in [3.05, 3.63) is 59.7 Å². The quantitative estimate of drug-likeness (QED) is 0.889. The number of carbonyl (C=O) groups is 1. The van der Waals surface area contributed by atoms with Gasteiger partial charge in [0.05, 0.1) is 12.5 Å². The molecule has 23 heavy (non-hydrogen) atoms. The number of hydrogen-bond acceptors (Lipinski definition) is 3. The summed E-state index contributed by atoms with van der Waals surface area (Å²) >= 11 is 0. The molecule has 0 spiro atoms. The summed E-state index contributed by atoms with van der Waals surface area (Å²) in [6.45, 7) is 4.41. The Bertz CT molecular complexity index is 667. The largest absolute Gasteiger partial charge is 0.508 e. The first-order valence-electron chi connectivity index (χ1n) is 7.71. The van der Waals surface area contributed by atoms with E-state index in [9.17, 15) is 9.90 Å². The van der Waals surface area contributed by atoms with E-state index in [0.29, 0.717) is 13.0 Å². The highest BCUT2D eigenvalue weighted by Crippen LogP contribution is 2.17. The summed E-state index contributed by atoms with van der Waals surface area (Å²) in [6.07, 6.45) is 0.430. The van der Waals surface area contributed by atoms with Crippen molar-refractivity contribution in [1.82, 2.24) is 4.90 Å². The fourth-order valence-electron chi connectivity index (χ4n) is 2.33. The Balaban J connectivity index is 1.98. The average molecular weight is 313 g/mol. The van der Waals surface area contributed by atoms with Crippen molar-refractivity contribution in [3.8, 4) is 11.5 Å². The van der Waals surface area contributed by atoms with Gasteiger partial charge in [-0.1, -0.05) is 24.3 Å². The van der Waals surface area contributed by atoms with Gasteiger partial charge in [0.25, 0.3) is 0 Å². The van der Waals surface area contributed by atoms with Gasteiger partial charge in [-0.2, -0.15) is 0 Å². The van der Waals surface area contributed by atoms with Crippen LogP contribution < -0.4 is 4.74 Å². The van der Waals surface area contributed by atoms with Crippen molar-refractivity contribution < 1.29 is 14.6 Å². The Morgan fingerprint density at radius 2 is 1.83 bits per heavy atom. The third-order valence-corrected chi connectivity index (χ3v) is 3.38. The zero-order valence-corrected chi connectivity index (χ0v) is 13.8. The molecule has 0 unspecified atom stereocenters. The topological polar surface area (TPSA) is 49.8 Å². The molecule has 0 radical (unpaired) electrons. The number of amides is 1. The number of benzene rings is 2. The standard InChI is InChI=1S/C19H23NO3/c1-14(2)23-18-9-5-6-15(11-18)12-19(22)20(3)13-16-7-4-8-17(21)10-16/h4-11,14,21H,12-13H2,1-3H3. The molecule has 0 atom stereocenters. The molecule has 0 aliphatic carbocycles. The number of likely N-dealkylation sites (N-methyl/N-ethyl adjacent to an activating group) is 1. The van der Waals surface area contributed by atoms with Crippen molar-refractivity contribution in [3.63, 3.8) is 0 Å². The highest BCUT2D eigenvalue weighted by molar-refractivity contribution is 5.78. The maximum absolute atomic E-state index is 12.4. The van der Waals surface area contributed by atoms with E-state index in [-0.39, 0.29) is 17.8 Å². The molecule has 1 amide bonds. The maximum Gasteiger partial charge on any atom is 0.227 e. The van der Waals surface area contributed by atoms with Crippen LogP contribution in [0.25, 0.3) is 0 Å². The van der Waals surface area contributed by atoms with Crippen molar-refractivity contribution in [1.29, 1.82) is 0 Å². The molecular weight excluding hydrogens is 290 g/mol. The monoisotopic (exact) mass is 313 g/mol. The van der Waals surface area contributed by atoms with Crippen LogP contribution in [-0.4, -0.2) is 29.1 Å². The molecule has 0 aliphatic heterocycles. The van der Waals surface area contributed by atoms with Crippen LogP contribution in [0.15, 0.2) is 48.5 Å². The summed E-state index contributed by atoms with van der Waals surface area (Å²) in [5.41, 5.74) is 1.83. The summed E-state index contributed by atoms with van der Waals surface area (Å²) in [5, 5.41) is 9.48. The van der Waals surface area contributed by atoms with Crippen molar-refractivity contribution >= 4 is 5.91 Å². The zero-order chi connectivity index (χ0) is 16.8. The minimum absolute atomic E-state index is 0.0232. The van der Waals surface area contributed by atoms with Gasteiger partial charge < -0.3 is 14.7 Å². The number of aromatic hydroxyl groups is 1. The molecule has 2 rings (SSSR count). The van der Waals surface area contributed by atoms with Crippen molar-refractivity contribution in [2.24, 2.45) is 0 Å². The fraction of sp³-hybridized carbons (Fsp3) is 0.316. The third-order valence-electron chi connectivity index (χ3n) is 3.38. The van der Waals surface area contributed by atoms with Gasteiger partial charge in [-0.25, -0.2) is 0 Å². The second-order valence-corrected chi connectivity index (χ2v) is 5.91. The van der Waals surface area contributed by atoms with Crippen molar-refractivity contribution in [2.75, 3.05) is 7.05 Å². The zero-order valence-electron chi connectivity index (χ0n) is 13.8. The normalized spacial score (nSPS) is 10.6. The summed E-state index contributed by atoms with van der Waals surface area (Å²) in [6, 6.07) is 14.6. The molecule has 0 aromatic heterocycles. The van der Waals surface area contributed by atoms with Gasteiger partial charge in [0.2, 0.25) is 5.91 Å². The Labute approximate surface area is 137 Å². The van der Waals surface area contributed by atoms with Crippen LogP contribution in [0.1, 0.15) is 25.0 Å². The van der Waals surface area contributed by atoms with E-state index in [2.05, 4.69) is 0 Å². The van der Waals surface area contributed by atoms with E-state index in [1.54, 1.807) is 30.1 Å². The molecule has 2 aromatic carbocycles. The lowest BCUT2D eigenvalue weighted by Crippen LogP contribution is -2.27. The number of ether oxygens (including phenoxy) is 1. The minimum Gasteiger partial charge on any atom is -0.508 e. The minimum atomic E-state index is 0.0232. The van der Waals surface area contributed by atoms with Crippen LogP contribution in [0.2, 0.25) is 0 Å². The second kappa shape index (κ2) is 7.68. The van der Waals surface area contributed by atoms with Gasteiger partial charge in [-0.05, 0) is 49.2 Å². The first kappa shape index (κ1) is 16.9. The van der Waals surface area contributed by atoms with Crippen LogP contribution in [0, 0.1) is 0 Å². The van der Waals surface area contributed by atoms with Gasteiger partial charge >= 0.3 is 0 Å². The van der Waals surface area contributed by atoms with E-state index in [0.717, 1.165) is 16.9 Å². The third kappa shape index (κ3) is 5.33. The Hall–Kier alpha value is -2.49. The molecule has 0 saturated carbocycles. The van der Waals surface area contributed by atoms with Crippen LogP contribution in [0.5, 0.6) is 11.5 Å². The highest BCUT2D eigenvalue weighted by Gasteiger charge is 2.11. The molecule has 0 bridgehead atoms. The van der Waals surface area contributed by atoms with Gasteiger partial charge in [0.1, 0.15) is 11.5 Å². The first-order valence-corrected chi connectivity index (χ1v) is 7.71. The lowest BCUT2D eigenvalue weighted by Gasteiger charge is -2.18. The molecule has 0 aliphatic rings. The van der Waals surface area contributed by atoms with Gasteiger partial charge in [-0.15, -0.1) is 0 Å². The summed E-state index contributed by atoms with van der Waals surface area (Å²) < 4.78 is 5.65. The first-order chi connectivity index (χ1) is 10.9. The second-order valence-electron chi connectivity index (χ2n) is 5.91.